The van der Waals surface area contributed by atoms with Crippen molar-refractivity contribution in [2.45, 2.75) is 11.7 Å². The standard InChI is InChI=1S/C17H13ClN4O3S/c18-13-5-1-3-11(7-13)9-15-16(23)20-17(26-15)21-19-10-12-4-2-6-14(8-12)22(24)25/h1-8,10,15H,9H2,(H,20,21,23)/b19-10-/t15-/m0/s1. The van der Waals surface area contributed by atoms with Crippen molar-refractivity contribution in [2.24, 2.45) is 10.2 Å². The molecule has 0 saturated carbocycles. The molecule has 1 fully saturated rings. The maximum Gasteiger partial charge on any atom is 0.270 e. The van der Waals surface area contributed by atoms with Gasteiger partial charge in [-0.2, -0.15) is 5.10 Å². The summed E-state index contributed by atoms with van der Waals surface area (Å²) in [5.41, 5.74) is 1.49. The molecule has 0 aliphatic carbocycles. The highest BCUT2D eigenvalue weighted by Crippen LogP contribution is 2.24. The van der Waals surface area contributed by atoms with Crippen molar-refractivity contribution < 1.29 is 9.72 Å². The Hall–Kier alpha value is -2.71. The zero-order chi connectivity index (χ0) is 18.5. The third kappa shape index (κ3) is 4.68. The summed E-state index contributed by atoms with van der Waals surface area (Å²) in [6.45, 7) is 0. The minimum absolute atomic E-state index is 0.0215. The van der Waals surface area contributed by atoms with Crippen LogP contribution in [0.2, 0.25) is 5.02 Å². The summed E-state index contributed by atoms with van der Waals surface area (Å²) in [6, 6.07) is 13.4. The number of hydrogen-bond acceptors (Lipinski definition) is 6. The van der Waals surface area contributed by atoms with Crippen molar-refractivity contribution in [1.29, 1.82) is 0 Å². The second-order valence-corrected chi connectivity index (χ2v) is 7.06. The molecule has 0 aromatic heterocycles. The van der Waals surface area contributed by atoms with Gasteiger partial charge in [0.05, 0.1) is 16.4 Å². The largest absolute Gasteiger partial charge is 0.303 e. The Bertz CT molecular complexity index is 916. The molecule has 2 aromatic carbocycles. The van der Waals surface area contributed by atoms with Crippen LogP contribution in [0, 0.1) is 10.1 Å². The summed E-state index contributed by atoms with van der Waals surface area (Å²) >= 11 is 7.25. The summed E-state index contributed by atoms with van der Waals surface area (Å²) in [7, 11) is 0. The highest BCUT2D eigenvalue weighted by molar-refractivity contribution is 8.15. The Morgan fingerprint density at radius 3 is 2.85 bits per heavy atom. The number of carbonyl (C=O) groups excluding carboxylic acids is 1. The zero-order valence-corrected chi connectivity index (χ0v) is 14.9. The number of rotatable bonds is 5. The average Bonchev–Trinajstić information content (AvgIpc) is 2.95. The van der Waals surface area contributed by atoms with Gasteiger partial charge < -0.3 is 5.32 Å². The van der Waals surface area contributed by atoms with Crippen LogP contribution in [0.3, 0.4) is 0 Å². The van der Waals surface area contributed by atoms with Crippen LogP contribution in [0.1, 0.15) is 11.1 Å². The fourth-order valence-corrected chi connectivity index (χ4v) is 3.51. The Morgan fingerprint density at radius 1 is 1.27 bits per heavy atom. The van der Waals surface area contributed by atoms with Crippen LogP contribution in [-0.2, 0) is 11.2 Å². The molecule has 0 spiro atoms. The van der Waals surface area contributed by atoms with Gasteiger partial charge in [0.1, 0.15) is 0 Å². The molecule has 1 aliphatic rings. The smallest absolute Gasteiger partial charge is 0.270 e. The summed E-state index contributed by atoms with van der Waals surface area (Å²) in [4.78, 5) is 22.3. The van der Waals surface area contributed by atoms with E-state index in [-0.39, 0.29) is 16.8 Å². The zero-order valence-electron chi connectivity index (χ0n) is 13.3. The minimum Gasteiger partial charge on any atom is -0.303 e. The predicted molar refractivity (Wildman–Crippen MR) is 103 cm³/mol. The lowest BCUT2D eigenvalue weighted by Gasteiger charge is -2.05. The maximum absolute atomic E-state index is 12.1. The molecule has 3 rings (SSSR count). The second kappa shape index (κ2) is 8.11. The first-order valence-corrected chi connectivity index (χ1v) is 8.84. The molecule has 1 saturated heterocycles. The third-order valence-corrected chi connectivity index (χ3v) is 4.83. The van der Waals surface area contributed by atoms with Crippen molar-refractivity contribution in [3.05, 3.63) is 74.8 Å². The Labute approximate surface area is 158 Å². The molecule has 7 nitrogen and oxygen atoms in total. The minimum atomic E-state index is -0.475. The number of carbonyl (C=O) groups is 1. The van der Waals surface area contributed by atoms with Gasteiger partial charge >= 0.3 is 0 Å². The lowest BCUT2D eigenvalue weighted by atomic mass is 10.1. The van der Waals surface area contributed by atoms with E-state index in [0.717, 1.165) is 5.56 Å². The number of thioether (sulfide) groups is 1. The number of nitro groups is 1. The average molecular weight is 389 g/mol. The van der Waals surface area contributed by atoms with Gasteiger partial charge in [-0.1, -0.05) is 47.6 Å². The molecule has 2 aromatic rings. The summed E-state index contributed by atoms with van der Waals surface area (Å²) < 4.78 is 0. The highest BCUT2D eigenvalue weighted by atomic mass is 35.5. The molecule has 1 aliphatic heterocycles. The molecule has 1 heterocycles. The van der Waals surface area contributed by atoms with Crippen molar-refractivity contribution in [3.63, 3.8) is 0 Å². The number of nitro benzene ring substituents is 1. The van der Waals surface area contributed by atoms with E-state index in [0.29, 0.717) is 22.2 Å². The summed E-state index contributed by atoms with van der Waals surface area (Å²) in [5, 5.41) is 22.0. The Balaban J connectivity index is 1.64. The Morgan fingerprint density at radius 2 is 2.08 bits per heavy atom. The van der Waals surface area contributed by atoms with E-state index in [1.807, 2.05) is 18.2 Å². The maximum atomic E-state index is 12.1. The van der Waals surface area contributed by atoms with E-state index in [1.54, 1.807) is 18.2 Å². The number of nitrogens with one attached hydrogen (secondary N) is 1. The molecular formula is C17H13ClN4O3S. The van der Waals surface area contributed by atoms with Gasteiger partial charge in [0, 0.05) is 22.7 Å². The van der Waals surface area contributed by atoms with Gasteiger partial charge in [-0.15, -0.1) is 5.10 Å². The van der Waals surface area contributed by atoms with E-state index in [9.17, 15) is 14.9 Å². The Kier molecular flexibility index (Phi) is 5.65. The molecule has 132 valence electrons. The van der Waals surface area contributed by atoms with Crippen LogP contribution in [0.4, 0.5) is 5.69 Å². The molecule has 0 radical (unpaired) electrons. The van der Waals surface area contributed by atoms with E-state index in [4.69, 9.17) is 11.6 Å². The van der Waals surface area contributed by atoms with Crippen LogP contribution >= 0.6 is 23.4 Å². The number of halogens is 1. The quantitative estimate of drug-likeness (QED) is 0.482. The number of amides is 1. The topological polar surface area (TPSA) is 97.0 Å². The van der Waals surface area contributed by atoms with Crippen LogP contribution in [0.15, 0.2) is 58.7 Å². The van der Waals surface area contributed by atoms with Gasteiger partial charge in [-0.25, -0.2) is 0 Å². The number of benzene rings is 2. The first-order chi connectivity index (χ1) is 12.5. The van der Waals surface area contributed by atoms with Crippen LogP contribution < -0.4 is 5.32 Å². The van der Waals surface area contributed by atoms with Crippen molar-refractivity contribution in [1.82, 2.24) is 5.32 Å². The van der Waals surface area contributed by atoms with Crippen molar-refractivity contribution in [3.8, 4) is 0 Å². The molecular weight excluding hydrogens is 376 g/mol. The van der Waals surface area contributed by atoms with E-state index >= 15 is 0 Å². The first-order valence-electron chi connectivity index (χ1n) is 7.59. The first kappa shape index (κ1) is 18.1. The lowest BCUT2D eigenvalue weighted by molar-refractivity contribution is -0.384. The molecule has 9 heteroatoms. The van der Waals surface area contributed by atoms with E-state index in [2.05, 4.69) is 15.5 Å². The monoisotopic (exact) mass is 388 g/mol. The number of nitrogens with zero attached hydrogens (tertiary/aromatic N) is 3. The second-order valence-electron chi connectivity index (χ2n) is 5.43. The number of amidine groups is 1. The number of non-ortho nitro benzene ring substituents is 1. The lowest BCUT2D eigenvalue weighted by Crippen LogP contribution is -2.25. The van der Waals surface area contributed by atoms with E-state index in [1.165, 1.54) is 30.1 Å². The van der Waals surface area contributed by atoms with Crippen molar-refractivity contribution in [2.75, 3.05) is 0 Å². The number of hydrogen-bond donors (Lipinski definition) is 1. The van der Waals surface area contributed by atoms with Gasteiger partial charge in [0.25, 0.3) is 5.69 Å². The van der Waals surface area contributed by atoms with Crippen LogP contribution in [-0.4, -0.2) is 27.5 Å². The van der Waals surface area contributed by atoms with Crippen LogP contribution in [0.25, 0.3) is 0 Å². The van der Waals surface area contributed by atoms with Crippen molar-refractivity contribution >= 4 is 46.3 Å². The predicted octanol–water partition coefficient (Wildman–Crippen LogP) is 3.41. The molecule has 26 heavy (non-hydrogen) atoms. The normalized spacial score (nSPS) is 18.4. The third-order valence-electron chi connectivity index (χ3n) is 3.52. The summed E-state index contributed by atoms with van der Waals surface area (Å²) in [5.74, 6) is -0.140. The molecule has 0 unspecified atom stereocenters. The highest BCUT2D eigenvalue weighted by Gasteiger charge is 2.30. The van der Waals surface area contributed by atoms with Crippen LogP contribution in [0.5, 0.6) is 0 Å². The molecule has 1 atom stereocenters. The fraction of sp³-hybridized carbons (Fsp3) is 0.118. The summed E-state index contributed by atoms with van der Waals surface area (Å²) in [6.07, 6.45) is 1.93. The molecule has 0 bridgehead atoms. The van der Waals surface area contributed by atoms with E-state index < -0.39 is 4.92 Å². The van der Waals surface area contributed by atoms with Gasteiger partial charge in [0.15, 0.2) is 5.17 Å². The van der Waals surface area contributed by atoms with Gasteiger partial charge in [-0.05, 0) is 24.1 Å². The molecule has 1 amide bonds. The fourth-order valence-electron chi connectivity index (χ4n) is 2.33. The molecule has 1 N–H and O–H groups in total. The van der Waals surface area contributed by atoms with Gasteiger partial charge in [-0.3, -0.25) is 14.9 Å². The van der Waals surface area contributed by atoms with Gasteiger partial charge in [0.2, 0.25) is 5.91 Å². The SMILES string of the molecule is O=C1N/C(=N\N=C/c2cccc([N+](=O)[O-])c2)S[C@H]1Cc1cccc(Cl)c1.